The van der Waals surface area contributed by atoms with E-state index in [1.165, 1.54) is 6.07 Å². The second-order valence-electron chi connectivity index (χ2n) is 5.07. The van der Waals surface area contributed by atoms with Crippen molar-refractivity contribution >= 4 is 0 Å². The molecule has 1 saturated heterocycles. The molecule has 1 aliphatic heterocycles. The van der Waals surface area contributed by atoms with Crippen LogP contribution in [0, 0.1) is 5.82 Å². The van der Waals surface area contributed by atoms with Gasteiger partial charge in [0.15, 0.2) is 0 Å². The van der Waals surface area contributed by atoms with Gasteiger partial charge in [0.05, 0.1) is 7.11 Å². The molecule has 19 heavy (non-hydrogen) atoms. The molecule has 3 nitrogen and oxygen atoms in total. The minimum absolute atomic E-state index is 0.197. The lowest BCUT2D eigenvalue weighted by Gasteiger charge is -2.28. The average Bonchev–Trinajstić information content (AvgIpc) is 2.92. The van der Waals surface area contributed by atoms with Crippen molar-refractivity contribution in [1.29, 1.82) is 0 Å². The summed E-state index contributed by atoms with van der Waals surface area (Å²) in [5, 5.41) is 3.39. The summed E-state index contributed by atoms with van der Waals surface area (Å²) in [6.07, 6.45) is 2.27. The number of nitrogens with zero attached hydrogens (tertiary/aromatic N) is 1. The van der Waals surface area contributed by atoms with Gasteiger partial charge < -0.3 is 10.1 Å². The van der Waals surface area contributed by atoms with Crippen LogP contribution in [0.5, 0.6) is 5.75 Å². The molecule has 1 atom stereocenters. The van der Waals surface area contributed by atoms with Crippen LogP contribution in [0.3, 0.4) is 0 Å². The van der Waals surface area contributed by atoms with Crippen LogP contribution >= 0.6 is 0 Å². The van der Waals surface area contributed by atoms with E-state index in [0.717, 1.165) is 50.3 Å². The highest BCUT2D eigenvalue weighted by molar-refractivity contribution is 5.33. The standard InChI is InChI=1S/C15H23FN2O/c1-3-8-18(14-6-7-17-10-14)11-12-9-13(16)4-5-15(12)19-2/h4-5,9,14,17H,3,6-8,10-11H2,1-2H3. The third kappa shape index (κ3) is 3.67. The zero-order valence-electron chi connectivity index (χ0n) is 11.8. The first-order valence-corrected chi connectivity index (χ1v) is 7.01. The summed E-state index contributed by atoms with van der Waals surface area (Å²) >= 11 is 0. The number of methoxy groups -OCH3 is 1. The van der Waals surface area contributed by atoms with Crippen molar-refractivity contribution in [3.63, 3.8) is 0 Å². The molecule has 2 rings (SSSR count). The maximum absolute atomic E-state index is 13.4. The molecule has 0 spiro atoms. The number of ether oxygens (including phenoxy) is 1. The quantitative estimate of drug-likeness (QED) is 0.855. The lowest BCUT2D eigenvalue weighted by Crippen LogP contribution is -2.37. The van der Waals surface area contributed by atoms with Crippen LogP contribution in [0.15, 0.2) is 18.2 Å². The van der Waals surface area contributed by atoms with Crippen molar-refractivity contribution in [3.8, 4) is 5.75 Å². The summed E-state index contributed by atoms with van der Waals surface area (Å²) in [6, 6.07) is 5.29. The molecule has 1 aromatic carbocycles. The molecule has 0 amide bonds. The van der Waals surface area contributed by atoms with Crippen molar-refractivity contribution in [1.82, 2.24) is 10.2 Å². The Morgan fingerprint density at radius 2 is 2.32 bits per heavy atom. The molecule has 4 heteroatoms. The Morgan fingerprint density at radius 1 is 1.47 bits per heavy atom. The van der Waals surface area contributed by atoms with Gasteiger partial charge in [-0.3, -0.25) is 4.90 Å². The highest BCUT2D eigenvalue weighted by Crippen LogP contribution is 2.23. The molecule has 106 valence electrons. The lowest BCUT2D eigenvalue weighted by molar-refractivity contribution is 0.197. The fraction of sp³-hybridized carbons (Fsp3) is 0.600. The average molecular weight is 266 g/mol. The maximum Gasteiger partial charge on any atom is 0.123 e. The molecule has 1 heterocycles. The summed E-state index contributed by atoms with van der Waals surface area (Å²) in [6.45, 7) is 6.06. The van der Waals surface area contributed by atoms with Gasteiger partial charge in [0, 0.05) is 24.7 Å². The maximum atomic E-state index is 13.4. The van der Waals surface area contributed by atoms with E-state index < -0.39 is 0 Å². The van der Waals surface area contributed by atoms with Gasteiger partial charge >= 0.3 is 0 Å². The molecular formula is C15H23FN2O. The van der Waals surface area contributed by atoms with Crippen molar-refractivity contribution in [3.05, 3.63) is 29.6 Å². The first-order chi connectivity index (χ1) is 9.24. The van der Waals surface area contributed by atoms with Gasteiger partial charge in [-0.05, 0) is 44.1 Å². The highest BCUT2D eigenvalue weighted by atomic mass is 19.1. The van der Waals surface area contributed by atoms with Crippen LogP contribution in [-0.2, 0) is 6.54 Å². The minimum Gasteiger partial charge on any atom is -0.496 e. The second kappa shape index (κ2) is 6.87. The van der Waals surface area contributed by atoms with Crippen LogP contribution < -0.4 is 10.1 Å². The molecular weight excluding hydrogens is 243 g/mol. The Balaban J connectivity index is 2.13. The van der Waals surface area contributed by atoms with Gasteiger partial charge in [0.1, 0.15) is 11.6 Å². The Morgan fingerprint density at radius 3 is 2.95 bits per heavy atom. The SMILES string of the molecule is CCCN(Cc1cc(F)ccc1OC)C1CCNC1. The third-order valence-electron chi connectivity index (χ3n) is 3.68. The van der Waals surface area contributed by atoms with E-state index in [0.29, 0.717) is 6.04 Å². The summed E-state index contributed by atoms with van der Waals surface area (Å²) in [5.41, 5.74) is 0.933. The predicted molar refractivity (Wildman–Crippen MR) is 74.9 cm³/mol. The van der Waals surface area contributed by atoms with Crippen molar-refractivity contribution in [2.45, 2.75) is 32.4 Å². The second-order valence-corrected chi connectivity index (χ2v) is 5.07. The summed E-state index contributed by atoms with van der Waals surface area (Å²) in [4.78, 5) is 2.43. The molecule has 1 aliphatic rings. The fourth-order valence-electron chi connectivity index (χ4n) is 2.72. The van der Waals surface area contributed by atoms with Crippen molar-refractivity contribution in [2.75, 3.05) is 26.7 Å². The molecule has 0 radical (unpaired) electrons. The Bertz CT molecular complexity index is 405. The van der Waals surface area contributed by atoms with Gasteiger partial charge in [0.25, 0.3) is 0 Å². The molecule has 0 bridgehead atoms. The molecule has 0 aromatic heterocycles. The van der Waals surface area contributed by atoms with E-state index in [1.807, 2.05) is 0 Å². The van der Waals surface area contributed by atoms with Crippen molar-refractivity contribution in [2.24, 2.45) is 0 Å². The topological polar surface area (TPSA) is 24.5 Å². The Labute approximate surface area is 114 Å². The smallest absolute Gasteiger partial charge is 0.123 e. The van der Waals surface area contributed by atoms with E-state index in [-0.39, 0.29) is 5.82 Å². The zero-order chi connectivity index (χ0) is 13.7. The molecule has 1 unspecified atom stereocenters. The number of benzene rings is 1. The first kappa shape index (κ1) is 14.3. The van der Waals surface area contributed by atoms with E-state index in [1.54, 1.807) is 19.2 Å². The monoisotopic (exact) mass is 266 g/mol. The van der Waals surface area contributed by atoms with Crippen LogP contribution in [-0.4, -0.2) is 37.7 Å². The summed E-state index contributed by atoms with van der Waals surface area (Å²) < 4.78 is 18.7. The van der Waals surface area contributed by atoms with Gasteiger partial charge in [-0.15, -0.1) is 0 Å². The van der Waals surface area contributed by atoms with E-state index in [4.69, 9.17) is 4.74 Å². The summed E-state index contributed by atoms with van der Waals surface area (Å²) in [7, 11) is 1.64. The Hall–Kier alpha value is -1.13. The van der Waals surface area contributed by atoms with Crippen LogP contribution in [0.4, 0.5) is 4.39 Å². The molecule has 0 aliphatic carbocycles. The number of rotatable bonds is 6. The van der Waals surface area contributed by atoms with E-state index >= 15 is 0 Å². The third-order valence-corrected chi connectivity index (χ3v) is 3.68. The lowest BCUT2D eigenvalue weighted by atomic mass is 10.1. The highest BCUT2D eigenvalue weighted by Gasteiger charge is 2.22. The number of nitrogens with one attached hydrogen (secondary N) is 1. The number of hydrogen-bond acceptors (Lipinski definition) is 3. The van der Waals surface area contributed by atoms with Gasteiger partial charge in [-0.2, -0.15) is 0 Å². The fourth-order valence-corrected chi connectivity index (χ4v) is 2.72. The zero-order valence-corrected chi connectivity index (χ0v) is 11.8. The molecule has 1 N–H and O–H groups in total. The van der Waals surface area contributed by atoms with Crippen LogP contribution in [0.1, 0.15) is 25.3 Å². The first-order valence-electron chi connectivity index (χ1n) is 7.01. The largest absolute Gasteiger partial charge is 0.496 e. The minimum atomic E-state index is -0.197. The number of hydrogen-bond donors (Lipinski definition) is 1. The number of halogens is 1. The van der Waals surface area contributed by atoms with Gasteiger partial charge in [-0.1, -0.05) is 6.92 Å². The van der Waals surface area contributed by atoms with Crippen LogP contribution in [0.2, 0.25) is 0 Å². The molecule has 0 saturated carbocycles. The predicted octanol–water partition coefficient (Wildman–Crippen LogP) is 2.41. The van der Waals surface area contributed by atoms with Gasteiger partial charge in [0.2, 0.25) is 0 Å². The summed E-state index contributed by atoms with van der Waals surface area (Å²) in [5.74, 6) is 0.574. The van der Waals surface area contributed by atoms with E-state index in [9.17, 15) is 4.39 Å². The Kier molecular flexibility index (Phi) is 5.16. The van der Waals surface area contributed by atoms with E-state index in [2.05, 4.69) is 17.1 Å². The molecule has 1 aromatic rings. The normalized spacial score (nSPS) is 19.1. The molecule has 1 fully saturated rings. The van der Waals surface area contributed by atoms with Crippen LogP contribution in [0.25, 0.3) is 0 Å². The van der Waals surface area contributed by atoms with Gasteiger partial charge in [-0.25, -0.2) is 4.39 Å². The van der Waals surface area contributed by atoms with Crippen molar-refractivity contribution < 1.29 is 9.13 Å².